The Hall–Kier alpha value is -1.34. The topological polar surface area (TPSA) is 43.4 Å². The highest BCUT2D eigenvalue weighted by atomic mass is 16.5. The van der Waals surface area contributed by atoms with Crippen molar-refractivity contribution in [3.63, 3.8) is 0 Å². The Labute approximate surface area is 104 Å². The fourth-order valence-electron chi connectivity index (χ4n) is 1.50. The van der Waals surface area contributed by atoms with Crippen LogP contribution in [0.1, 0.15) is 51.9 Å². The monoisotopic (exact) mass is 238 g/mol. The molecule has 0 atom stereocenters. The zero-order chi connectivity index (χ0) is 12.9. The van der Waals surface area contributed by atoms with Crippen LogP contribution in [-0.4, -0.2) is 19.0 Å². The molecule has 0 N–H and O–H groups in total. The number of carbonyl (C=O) groups is 1. The normalized spacial score (nSPS) is 10.2. The molecule has 0 aromatic heterocycles. The zero-order valence-corrected chi connectivity index (χ0v) is 10.8. The molecule has 0 radical (unpaired) electrons. The first-order chi connectivity index (χ1) is 8.24. The van der Waals surface area contributed by atoms with Crippen molar-refractivity contribution in [2.75, 3.05) is 7.11 Å². The Kier molecular flexibility index (Phi) is 10.3. The van der Waals surface area contributed by atoms with Gasteiger partial charge in [-0.15, -0.1) is 0 Å². The number of esters is 1. The summed E-state index contributed by atoms with van der Waals surface area (Å²) in [5.74, 6) is 1.64. The SMILES string of the molecule is CCCCCCC(=C=O)CCC=CC(=O)OC. The molecule has 3 heteroatoms. The maximum Gasteiger partial charge on any atom is 0.330 e. The van der Waals surface area contributed by atoms with E-state index in [-0.39, 0.29) is 5.97 Å². The fourth-order valence-corrected chi connectivity index (χ4v) is 1.50. The predicted octanol–water partition coefficient (Wildman–Crippen LogP) is 3.22. The molecule has 0 bridgehead atoms. The van der Waals surface area contributed by atoms with Gasteiger partial charge in [-0.05, 0) is 25.7 Å². The van der Waals surface area contributed by atoms with E-state index in [4.69, 9.17) is 0 Å². The van der Waals surface area contributed by atoms with Crippen LogP contribution in [0.15, 0.2) is 17.7 Å². The van der Waals surface area contributed by atoms with Crippen molar-refractivity contribution in [2.24, 2.45) is 0 Å². The number of allylic oxidation sites excluding steroid dienone is 2. The van der Waals surface area contributed by atoms with Crippen LogP contribution in [0.2, 0.25) is 0 Å². The van der Waals surface area contributed by atoms with Crippen LogP contribution in [0.25, 0.3) is 0 Å². The summed E-state index contributed by atoms with van der Waals surface area (Å²) in [6.45, 7) is 2.16. The van der Waals surface area contributed by atoms with Crippen LogP contribution in [0.4, 0.5) is 0 Å². The largest absolute Gasteiger partial charge is 0.466 e. The number of ether oxygens (including phenoxy) is 1. The van der Waals surface area contributed by atoms with E-state index in [9.17, 15) is 9.59 Å². The highest BCUT2D eigenvalue weighted by Crippen LogP contribution is 2.12. The minimum Gasteiger partial charge on any atom is -0.466 e. The lowest BCUT2D eigenvalue weighted by Crippen LogP contribution is -1.93. The molecule has 0 saturated carbocycles. The Bertz CT molecular complexity index is 286. The summed E-state index contributed by atoms with van der Waals surface area (Å²) in [4.78, 5) is 21.5. The van der Waals surface area contributed by atoms with Crippen molar-refractivity contribution in [1.82, 2.24) is 0 Å². The lowest BCUT2D eigenvalue weighted by atomic mass is 10.0. The maximum atomic E-state index is 10.8. The molecule has 0 aliphatic carbocycles. The summed E-state index contributed by atoms with van der Waals surface area (Å²) in [6, 6.07) is 0. The molecule has 0 aromatic carbocycles. The molecule has 17 heavy (non-hydrogen) atoms. The van der Waals surface area contributed by atoms with Crippen molar-refractivity contribution in [2.45, 2.75) is 51.9 Å². The predicted molar refractivity (Wildman–Crippen MR) is 68.4 cm³/mol. The van der Waals surface area contributed by atoms with Crippen molar-refractivity contribution in [3.05, 3.63) is 17.7 Å². The third kappa shape index (κ3) is 9.58. The first-order valence-electron chi connectivity index (χ1n) is 6.22. The third-order valence-electron chi connectivity index (χ3n) is 2.54. The van der Waals surface area contributed by atoms with E-state index in [2.05, 4.69) is 11.7 Å². The van der Waals surface area contributed by atoms with Gasteiger partial charge in [0.25, 0.3) is 0 Å². The second-order valence-corrected chi connectivity index (χ2v) is 3.98. The van der Waals surface area contributed by atoms with Gasteiger partial charge in [0.2, 0.25) is 0 Å². The Balaban J connectivity index is 3.73. The molecule has 0 aromatic rings. The number of rotatable bonds is 9. The summed E-state index contributed by atoms with van der Waals surface area (Å²) < 4.78 is 4.47. The van der Waals surface area contributed by atoms with Gasteiger partial charge in [-0.2, -0.15) is 0 Å². The van der Waals surface area contributed by atoms with E-state index >= 15 is 0 Å². The van der Waals surface area contributed by atoms with Crippen molar-refractivity contribution < 1.29 is 14.3 Å². The molecule has 0 aliphatic rings. The maximum absolute atomic E-state index is 10.8. The lowest BCUT2D eigenvalue weighted by molar-refractivity contribution is -0.134. The van der Waals surface area contributed by atoms with E-state index in [0.29, 0.717) is 12.8 Å². The second kappa shape index (κ2) is 11.2. The van der Waals surface area contributed by atoms with Crippen LogP contribution in [0.5, 0.6) is 0 Å². The van der Waals surface area contributed by atoms with Gasteiger partial charge in [-0.1, -0.05) is 32.3 Å². The summed E-state index contributed by atoms with van der Waals surface area (Å²) in [5.41, 5.74) is 0.815. The Morgan fingerprint density at radius 2 is 2.00 bits per heavy atom. The smallest absolute Gasteiger partial charge is 0.330 e. The Morgan fingerprint density at radius 1 is 1.24 bits per heavy atom. The van der Waals surface area contributed by atoms with Gasteiger partial charge in [0, 0.05) is 11.6 Å². The minimum absolute atomic E-state index is 0.357. The zero-order valence-electron chi connectivity index (χ0n) is 10.8. The summed E-state index contributed by atoms with van der Waals surface area (Å²) in [5, 5.41) is 0. The van der Waals surface area contributed by atoms with Crippen LogP contribution < -0.4 is 0 Å². The van der Waals surface area contributed by atoms with Crippen molar-refractivity contribution >= 4 is 11.9 Å². The molecule has 0 rings (SSSR count). The van der Waals surface area contributed by atoms with E-state index in [1.807, 2.05) is 5.94 Å². The van der Waals surface area contributed by atoms with Crippen LogP contribution in [-0.2, 0) is 14.3 Å². The summed E-state index contributed by atoms with van der Waals surface area (Å²) >= 11 is 0. The Morgan fingerprint density at radius 3 is 2.59 bits per heavy atom. The summed E-state index contributed by atoms with van der Waals surface area (Å²) in [7, 11) is 1.34. The van der Waals surface area contributed by atoms with Crippen LogP contribution >= 0.6 is 0 Å². The van der Waals surface area contributed by atoms with E-state index in [1.165, 1.54) is 32.4 Å². The highest BCUT2D eigenvalue weighted by molar-refractivity contribution is 5.81. The average Bonchev–Trinajstić information content (AvgIpc) is 2.36. The molecule has 0 unspecified atom stereocenters. The second-order valence-electron chi connectivity index (χ2n) is 3.98. The third-order valence-corrected chi connectivity index (χ3v) is 2.54. The van der Waals surface area contributed by atoms with Gasteiger partial charge in [-0.25, -0.2) is 9.59 Å². The van der Waals surface area contributed by atoms with E-state index in [0.717, 1.165) is 18.4 Å². The molecule has 96 valence electrons. The molecule has 0 spiro atoms. The lowest BCUT2D eigenvalue weighted by Gasteiger charge is -2.01. The minimum atomic E-state index is -0.357. The van der Waals surface area contributed by atoms with Gasteiger partial charge in [-0.3, -0.25) is 0 Å². The van der Waals surface area contributed by atoms with Gasteiger partial charge >= 0.3 is 5.97 Å². The van der Waals surface area contributed by atoms with E-state index in [1.54, 1.807) is 6.08 Å². The van der Waals surface area contributed by atoms with E-state index < -0.39 is 0 Å². The number of unbranched alkanes of at least 4 members (excludes halogenated alkanes) is 3. The number of hydrogen-bond acceptors (Lipinski definition) is 3. The number of methoxy groups -OCH3 is 1. The quantitative estimate of drug-likeness (QED) is 0.268. The first-order valence-corrected chi connectivity index (χ1v) is 6.22. The molecule has 0 heterocycles. The van der Waals surface area contributed by atoms with Gasteiger partial charge in [0.15, 0.2) is 0 Å². The molecule has 0 fully saturated rings. The van der Waals surface area contributed by atoms with Crippen LogP contribution in [0.3, 0.4) is 0 Å². The molecule has 0 amide bonds. The molecular formula is C14H22O3. The molecule has 3 nitrogen and oxygen atoms in total. The number of hydrogen-bond donors (Lipinski definition) is 0. The van der Waals surface area contributed by atoms with Gasteiger partial charge in [0.1, 0.15) is 5.94 Å². The fraction of sp³-hybridized carbons (Fsp3) is 0.643. The highest BCUT2D eigenvalue weighted by Gasteiger charge is 1.98. The summed E-state index contributed by atoms with van der Waals surface area (Å²) in [6.07, 6.45) is 9.95. The van der Waals surface area contributed by atoms with Crippen molar-refractivity contribution in [1.29, 1.82) is 0 Å². The standard InChI is InChI=1S/C14H22O3/c1-3-4-5-6-9-13(12-15)10-7-8-11-14(16)17-2/h8,11H,3-7,9-10H2,1-2H3. The molecular weight excluding hydrogens is 216 g/mol. The first kappa shape index (κ1) is 15.7. The molecule has 0 saturated heterocycles. The number of carbonyl (C=O) groups excluding carboxylic acids is 2. The van der Waals surface area contributed by atoms with Crippen LogP contribution in [0, 0.1) is 0 Å². The molecule has 0 aliphatic heterocycles. The van der Waals surface area contributed by atoms with Crippen molar-refractivity contribution in [3.8, 4) is 0 Å². The van der Waals surface area contributed by atoms with Gasteiger partial charge < -0.3 is 4.74 Å². The van der Waals surface area contributed by atoms with Gasteiger partial charge in [0.05, 0.1) is 7.11 Å². The average molecular weight is 238 g/mol.